The summed E-state index contributed by atoms with van der Waals surface area (Å²) in [6, 6.07) is 8.53. The molecule has 0 atom stereocenters. The molecule has 0 unspecified atom stereocenters. The Bertz CT molecular complexity index is 1190. The van der Waals surface area contributed by atoms with Crippen LogP contribution in [-0.2, 0) is 12.8 Å². The van der Waals surface area contributed by atoms with Gasteiger partial charge in [-0.05, 0) is 48.9 Å². The number of aromatic nitrogens is 2. The Kier molecular flexibility index (Phi) is 9.35. The summed E-state index contributed by atoms with van der Waals surface area (Å²) in [4.78, 5) is 27.3. The third-order valence-corrected chi connectivity index (χ3v) is 9.24. The van der Waals surface area contributed by atoms with Crippen molar-refractivity contribution in [2.75, 3.05) is 0 Å². The van der Waals surface area contributed by atoms with Gasteiger partial charge in [0.05, 0.1) is 21.5 Å². The molecular formula is C28H32N2O2S3. The summed E-state index contributed by atoms with van der Waals surface area (Å²) in [6.07, 6.45) is 13.3. The molecule has 1 aromatic carbocycles. The summed E-state index contributed by atoms with van der Waals surface area (Å²) in [5, 5.41) is 0. The quantitative estimate of drug-likeness (QED) is 0.122. The van der Waals surface area contributed by atoms with E-state index in [1.807, 2.05) is 0 Å². The van der Waals surface area contributed by atoms with E-state index in [1.54, 1.807) is 22.7 Å². The SMILES string of the molecule is CCCCCCc1cc(-c2ccc(-c3cc(CCCCCC)c(C=O)s3)c3nsnc23)sc1C=O. The first-order valence-corrected chi connectivity index (χ1v) is 15.0. The molecule has 0 saturated carbocycles. The summed E-state index contributed by atoms with van der Waals surface area (Å²) in [5.74, 6) is 0. The average Bonchev–Trinajstić information content (AvgIpc) is 3.62. The highest BCUT2D eigenvalue weighted by Crippen LogP contribution is 2.41. The van der Waals surface area contributed by atoms with E-state index in [0.29, 0.717) is 0 Å². The van der Waals surface area contributed by atoms with Gasteiger partial charge in [-0.3, -0.25) is 9.59 Å². The monoisotopic (exact) mass is 524 g/mol. The van der Waals surface area contributed by atoms with Crippen molar-refractivity contribution in [2.24, 2.45) is 0 Å². The number of hydrogen-bond donors (Lipinski definition) is 0. The highest BCUT2D eigenvalue weighted by atomic mass is 32.1. The fourth-order valence-corrected chi connectivity index (χ4v) is 7.17. The summed E-state index contributed by atoms with van der Waals surface area (Å²) in [6.45, 7) is 4.42. The lowest BCUT2D eigenvalue weighted by Crippen LogP contribution is -1.87. The number of carbonyl (C=O) groups is 2. The van der Waals surface area contributed by atoms with Crippen LogP contribution < -0.4 is 0 Å². The van der Waals surface area contributed by atoms with Crippen molar-refractivity contribution >= 4 is 58.0 Å². The van der Waals surface area contributed by atoms with Gasteiger partial charge in [0.2, 0.25) is 0 Å². The van der Waals surface area contributed by atoms with Gasteiger partial charge < -0.3 is 0 Å². The zero-order chi connectivity index (χ0) is 24.6. The van der Waals surface area contributed by atoms with Gasteiger partial charge in [0, 0.05) is 20.9 Å². The molecule has 0 bridgehead atoms. The van der Waals surface area contributed by atoms with Gasteiger partial charge in [-0.2, -0.15) is 8.75 Å². The van der Waals surface area contributed by atoms with Gasteiger partial charge in [-0.15, -0.1) is 22.7 Å². The van der Waals surface area contributed by atoms with Crippen LogP contribution in [0.15, 0.2) is 24.3 Å². The summed E-state index contributed by atoms with van der Waals surface area (Å²) in [7, 11) is 0. The van der Waals surface area contributed by atoms with Gasteiger partial charge in [0.15, 0.2) is 12.6 Å². The Hall–Kier alpha value is -2.22. The maximum atomic E-state index is 11.7. The van der Waals surface area contributed by atoms with Crippen LogP contribution in [0.4, 0.5) is 0 Å². The zero-order valence-corrected chi connectivity index (χ0v) is 22.9. The molecule has 3 aromatic heterocycles. The topological polar surface area (TPSA) is 59.9 Å². The Labute approximate surface area is 219 Å². The van der Waals surface area contributed by atoms with E-state index in [0.717, 1.165) is 91.1 Å². The Morgan fingerprint density at radius 2 is 1.14 bits per heavy atom. The van der Waals surface area contributed by atoms with Gasteiger partial charge in [0.25, 0.3) is 0 Å². The fourth-order valence-electron chi connectivity index (χ4n) is 4.49. The predicted octanol–water partition coefficient (Wildman–Crippen LogP) is 9.02. The average molecular weight is 525 g/mol. The molecule has 0 aliphatic heterocycles. The van der Waals surface area contributed by atoms with Crippen LogP contribution in [0.1, 0.15) is 95.7 Å². The molecule has 4 nitrogen and oxygen atoms in total. The second-order valence-electron chi connectivity index (χ2n) is 8.98. The van der Waals surface area contributed by atoms with Crippen molar-refractivity contribution in [3.05, 3.63) is 45.1 Å². The predicted molar refractivity (Wildman–Crippen MR) is 151 cm³/mol. The minimum atomic E-state index is 0.818. The minimum Gasteiger partial charge on any atom is -0.297 e. The smallest absolute Gasteiger partial charge is 0.160 e. The molecule has 35 heavy (non-hydrogen) atoms. The highest BCUT2D eigenvalue weighted by Gasteiger charge is 2.19. The molecule has 0 saturated heterocycles. The minimum absolute atomic E-state index is 0.818. The van der Waals surface area contributed by atoms with Crippen molar-refractivity contribution in [1.82, 2.24) is 8.75 Å². The molecule has 3 heterocycles. The second-order valence-corrected chi connectivity index (χ2v) is 11.7. The van der Waals surface area contributed by atoms with Crippen molar-refractivity contribution < 1.29 is 9.59 Å². The largest absolute Gasteiger partial charge is 0.297 e. The summed E-state index contributed by atoms with van der Waals surface area (Å²) >= 11 is 4.30. The molecular weight excluding hydrogens is 493 g/mol. The molecule has 0 fully saturated rings. The van der Waals surface area contributed by atoms with E-state index in [4.69, 9.17) is 0 Å². The highest BCUT2D eigenvalue weighted by molar-refractivity contribution is 7.17. The number of aldehydes is 2. The number of nitrogens with zero attached hydrogens (tertiary/aromatic N) is 2. The number of fused-ring (bicyclic) bond motifs is 1. The van der Waals surface area contributed by atoms with E-state index < -0.39 is 0 Å². The van der Waals surface area contributed by atoms with Crippen molar-refractivity contribution in [2.45, 2.75) is 78.1 Å². The number of rotatable bonds is 14. The van der Waals surface area contributed by atoms with Gasteiger partial charge >= 0.3 is 0 Å². The van der Waals surface area contributed by atoms with Crippen molar-refractivity contribution in [3.8, 4) is 20.9 Å². The van der Waals surface area contributed by atoms with Gasteiger partial charge in [-0.25, -0.2) is 0 Å². The molecule has 0 spiro atoms. The summed E-state index contributed by atoms with van der Waals surface area (Å²) < 4.78 is 9.27. The normalized spacial score (nSPS) is 11.4. The van der Waals surface area contributed by atoms with E-state index in [2.05, 4.69) is 46.9 Å². The van der Waals surface area contributed by atoms with Crippen LogP contribution in [0.5, 0.6) is 0 Å². The molecule has 7 heteroatoms. The molecule has 4 aromatic rings. The van der Waals surface area contributed by atoms with Crippen LogP contribution in [0, 0.1) is 0 Å². The Balaban J connectivity index is 1.64. The first-order chi connectivity index (χ1) is 17.2. The van der Waals surface area contributed by atoms with E-state index >= 15 is 0 Å². The molecule has 0 amide bonds. The van der Waals surface area contributed by atoms with Crippen molar-refractivity contribution in [1.29, 1.82) is 0 Å². The van der Waals surface area contributed by atoms with Crippen LogP contribution in [0.2, 0.25) is 0 Å². The zero-order valence-electron chi connectivity index (χ0n) is 20.5. The van der Waals surface area contributed by atoms with E-state index in [-0.39, 0.29) is 0 Å². The Morgan fingerprint density at radius 3 is 1.54 bits per heavy atom. The summed E-state index contributed by atoms with van der Waals surface area (Å²) in [5.41, 5.74) is 6.06. The molecule has 0 aliphatic rings. The van der Waals surface area contributed by atoms with E-state index in [1.165, 1.54) is 50.3 Å². The molecule has 0 radical (unpaired) electrons. The Morgan fingerprint density at radius 1 is 0.686 bits per heavy atom. The van der Waals surface area contributed by atoms with Crippen LogP contribution >= 0.6 is 34.4 Å². The second kappa shape index (κ2) is 12.7. The third kappa shape index (κ3) is 5.96. The molecule has 0 N–H and O–H groups in total. The number of carbonyl (C=O) groups excluding carboxylic acids is 2. The van der Waals surface area contributed by atoms with E-state index in [9.17, 15) is 9.59 Å². The van der Waals surface area contributed by atoms with Gasteiger partial charge in [-0.1, -0.05) is 64.5 Å². The van der Waals surface area contributed by atoms with Crippen molar-refractivity contribution in [3.63, 3.8) is 0 Å². The maximum Gasteiger partial charge on any atom is 0.160 e. The fraction of sp³-hybridized carbons (Fsp3) is 0.429. The number of hydrogen-bond acceptors (Lipinski definition) is 7. The lowest BCUT2D eigenvalue weighted by molar-refractivity contribution is 0.111. The first kappa shape index (κ1) is 25.9. The van der Waals surface area contributed by atoms with Gasteiger partial charge in [0.1, 0.15) is 11.0 Å². The van der Waals surface area contributed by atoms with Crippen LogP contribution in [0.25, 0.3) is 31.9 Å². The number of thiophene rings is 2. The number of benzene rings is 1. The number of aryl methyl sites for hydroxylation is 2. The lowest BCUT2D eigenvalue weighted by atomic mass is 10.0. The first-order valence-electron chi connectivity index (χ1n) is 12.6. The molecule has 0 aliphatic carbocycles. The maximum absolute atomic E-state index is 11.7. The third-order valence-electron chi connectivity index (χ3n) is 6.44. The molecule has 184 valence electrons. The van der Waals surface area contributed by atoms with Crippen LogP contribution in [-0.4, -0.2) is 21.3 Å². The van der Waals surface area contributed by atoms with Crippen LogP contribution in [0.3, 0.4) is 0 Å². The molecule has 4 rings (SSSR count). The number of unbranched alkanes of at least 4 members (excludes halogenated alkanes) is 6. The standard InChI is InChI=1S/C28H32N2O2S3/c1-3-5-7-9-11-19-15-23(33-25(19)17-31)21-13-14-22(28-27(21)29-35-30-28)24-16-20(26(18-32)34-24)12-10-8-6-4-2/h13-18H,3-12H2,1-2H3. The lowest BCUT2D eigenvalue weighted by Gasteiger charge is -2.03.